The summed E-state index contributed by atoms with van der Waals surface area (Å²) in [5.41, 5.74) is 2.41. The third-order valence-electron chi connectivity index (χ3n) is 2.11. The standard InChI is InChI=1S/C7H12N4/c1-2-10-3-6-4-11(8)9-7(6)5-10/h4H,2-3,5,8H2,1H3. The largest absolute Gasteiger partial charge is 0.323 e. The van der Waals surface area contributed by atoms with Gasteiger partial charge in [0, 0.05) is 18.7 Å². The number of nitrogens with two attached hydrogens (primary N) is 1. The maximum Gasteiger partial charge on any atom is 0.0830 e. The van der Waals surface area contributed by atoms with Gasteiger partial charge in [-0.2, -0.15) is 9.89 Å². The highest BCUT2D eigenvalue weighted by molar-refractivity contribution is 5.21. The first-order chi connectivity index (χ1) is 5.29. The quantitative estimate of drug-likeness (QED) is 0.573. The van der Waals surface area contributed by atoms with Gasteiger partial charge in [-0.15, -0.1) is 0 Å². The molecule has 0 saturated carbocycles. The maximum atomic E-state index is 5.46. The van der Waals surface area contributed by atoms with Crippen LogP contribution in [0.15, 0.2) is 6.20 Å². The molecule has 0 saturated heterocycles. The molecule has 60 valence electrons. The van der Waals surface area contributed by atoms with E-state index in [1.54, 1.807) is 0 Å². The number of fused-ring (bicyclic) bond motifs is 1. The Kier molecular flexibility index (Phi) is 1.35. The van der Waals surface area contributed by atoms with Gasteiger partial charge < -0.3 is 5.84 Å². The summed E-state index contributed by atoms with van der Waals surface area (Å²) in [5, 5.41) is 4.14. The van der Waals surface area contributed by atoms with Gasteiger partial charge in [-0.3, -0.25) is 4.90 Å². The van der Waals surface area contributed by atoms with Crippen molar-refractivity contribution in [2.45, 2.75) is 20.0 Å². The summed E-state index contributed by atoms with van der Waals surface area (Å²) in [4.78, 5) is 3.73. The lowest BCUT2D eigenvalue weighted by Crippen LogP contribution is -2.17. The zero-order valence-electron chi connectivity index (χ0n) is 6.62. The summed E-state index contributed by atoms with van der Waals surface area (Å²) in [7, 11) is 0. The topological polar surface area (TPSA) is 47.1 Å². The Morgan fingerprint density at radius 2 is 2.45 bits per heavy atom. The number of rotatable bonds is 1. The summed E-state index contributed by atoms with van der Waals surface area (Å²) in [6.45, 7) is 5.20. The molecule has 0 bridgehead atoms. The SMILES string of the molecule is CCN1Cc2cn(N)nc2C1. The van der Waals surface area contributed by atoms with E-state index in [1.165, 1.54) is 10.4 Å². The van der Waals surface area contributed by atoms with Crippen LogP contribution in [0.3, 0.4) is 0 Å². The summed E-state index contributed by atoms with van der Waals surface area (Å²) < 4.78 is 0. The predicted molar refractivity (Wildman–Crippen MR) is 42.2 cm³/mol. The van der Waals surface area contributed by atoms with Crippen LogP contribution < -0.4 is 5.84 Å². The maximum absolute atomic E-state index is 5.46. The molecule has 0 atom stereocenters. The molecular weight excluding hydrogens is 140 g/mol. The highest BCUT2D eigenvalue weighted by Crippen LogP contribution is 2.19. The lowest BCUT2D eigenvalue weighted by Gasteiger charge is -2.09. The number of nitrogens with zero attached hydrogens (tertiary/aromatic N) is 3. The van der Waals surface area contributed by atoms with Gasteiger partial charge in [-0.1, -0.05) is 6.92 Å². The molecule has 0 aliphatic carbocycles. The molecule has 0 aromatic carbocycles. The smallest absolute Gasteiger partial charge is 0.0830 e. The molecule has 2 heterocycles. The highest BCUT2D eigenvalue weighted by atomic mass is 15.5. The average molecular weight is 152 g/mol. The minimum atomic E-state index is 0.954. The molecule has 1 aromatic rings. The lowest BCUT2D eigenvalue weighted by atomic mass is 10.3. The van der Waals surface area contributed by atoms with Gasteiger partial charge in [-0.25, -0.2) is 0 Å². The molecular formula is C7H12N4. The van der Waals surface area contributed by atoms with Crippen LogP contribution in [-0.4, -0.2) is 21.3 Å². The van der Waals surface area contributed by atoms with Crippen molar-refractivity contribution in [3.8, 4) is 0 Å². The summed E-state index contributed by atoms with van der Waals surface area (Å²) in [6.07, 6.45) is 1.89. The van der Waals surface area contributed by atoms with Crippen molar-refractivity contribution in [1.82, 2.24) is 14.8 Å². The Morgan fingerprint density at radius 1 is 1.64 bits per heavy atom. The molecule has 4 heteroatoms. The third kappa shape index (κ3) is 0.991. The fraction of sp³-hybridized carbons (Fsp3) is 0.571. The number of hydrogen-bond donors (Lipinski definition) is 1. The monoisotopic (exact) mass is 152 g/mol. The van der Waals surface area contributed by atoms with E-state index in [4.69, 9.17) is 5.84 Å². The van der Waals surface area contributed by atoms with Gasteiger partial charge in [0.15, 0.2) is 0 Å². The molecule has 0 spiro atoms. The fourth-order valence-corrected chi connectivity index (χ4v) is 1.46. The van der Waals surface area contributed by atoms with Crippen molar-refractivity contribution in [2.75, 3.05) is 12.4 Å². The van der Waals surface area contributed by atoms with E-state index in [2.05, 4.69) is 16.9 Å². The molecule has 1 aromatic heterocycles. The molecule has 2 rings (SSSR count). The zero-order valence-corrected chi connectivity index (χ0v) is 6.62. The van der Waals surface area contributed by atoms with Crippen LogP contribution >= 0.6 is 0 Å². The van der Waals surface area contributed by atoms with E-state index in [0.29, 0.717) is 0 Å². The van der Waals surface area contributed by atoms with Crippen molar-refractivity contribution < 1.29 is 0 Å². The molecule has 1 aliphatic heterocycles. The second-order valence-electron chi connectivity index (χ2n) is 2.88. The van der Waals surface area contributed by atoms with E-state index >= 15 is 0 Å². The second kappa shape index (κ2) is 2.23. The van der Waals surface area contributed by atoms with Gasteiger partial charge in [0.1, 0.15) is 0 Å². The molecule has 0 unspecified atom stereocenters. The predicted octanol–water partition coefficient (Wildman–Crippen LogP) is -0.0676. The van der Waals surface area contributed by atoms with E-state index in [9.17, 15) is 0 Å². The Hall–Kier alpha value is -1.03. The number of aromatic nitrogens is 2. The molecule has 1 aliphatic rings. The summed E-state index contributed by atoms with van der Waals surface area (Å²) in [6, 6.07) is 0. The fourth-order valence-electron chi connectivity index (χ4n) is 1.46. The first-order valence-corrected chi connectivity index (χ1v) is 3.84. The molecule has 4 nitrogen and oxygen atoms in total. The van der Waals surface area contributed by atoms with Crippen LogP contribution in [0.5, 0.6) is 0 Å². The van der Waals surface area contributed by atoms with Crippen molar-refractivity contribution in [3.63, 3.8) is 0 Å². The first-order valence-electron chi connectivity index (χ1n) is 3.84. The van der Waals surface area contributed by atoms with Gasteiger partial charge in [0.05, 0.1) is 11.9 Å². The van der Waals surface area contributed by atoms with E-state index in [-0.39, 0.29) is 0 Å². The van der Waals surface area contributed by atoms with Gasteiger partial charge in [0.2, 0.25) is 0 Å². The van der Waals surface area contributed by atoms with Crippen molar-refractivity contribution in [2.24, 2.45) is 0 Å². The molecule has 2 N–H and O–H groups in total. The normalized spacial score (nSPS) is 17.2. The van der Waals surface area contributed by atoms with E-state index in [0.717, 1.165) is 25.3 Å². The molecule has 11 heavy (non-hydrogen) atoms. The average Bonchev–Trinajstić information content (AvgIpc) is 2.43. The number of nitrogen functional groups attached to an aromatic ring is 1. The van der Waals surface area contributed by atoms with Crippen LogP contribution in [-0.2, 0) is 13.1 Å². The zero-order chi connectivity index (χ0) is 7.84. The lowest BCUT2D eigenvalue weighted by molar-refractivity contribution is 0.296. The Balaban J connectivity index is 2.23. The van der Waals surface area contributed by atoms with Crippen LogP contribution in [0.1, 0.15) is 18.2 Å². The third-order valence-corrected chi connectivity index (χ3v) is 2.11. The van der Waals surface area contributed by atoms with Crippen LogP contribution in [0, 0.1) is 0 Å². The summed E-state index contributed by atoms with van der Waals surface area (Å²) >= 11 is 0. The van der Waals surface area contributed by atoms with Crippen LogP contribution in [0.25, 0.3) is 0 Å². The minimum absolute atomic E-state index is 0.954. The van der Waals surface area contributed by atoms with Gasteiger partial charge in [0.25, 0.3) is 0 Å². The Bertz CT molecular complexity index is 242. The second-order valence-corrected chi connectivity index (χ2v) is 2.88. The van der Waals surface area contributed by atoms with Crippen molar-refractivity contribution in [1.29, 1.82) is 0 Å². The minimum Gasteiger partial charge on any atom is -0.323 e. The Labute approximate surface area is 65.6 Å². The molecule has 0 radical (unpaired) electrons. The van der Waals surface area contributed by atoms with Gasteiger partial charge in [-0.05, 0) is 6.54 Å². The highest BCUT2D eigenvalue weighted by Gasteiger charge is 2.20. The van der Waals surface area contributed by atoms with Crippen molar-refractivity contribution in [3.05, 3.63) is 17.5 Å². The van der Waals surface area contributed by atoms with Gasteiger partial charge >= 0.3 is 0 Å². The van der Waals surface area contributed by atoms with E-state index in [1.807, 2.05) is 6.20 Å². The molecule has 0 amide bonds. The van der Waals surface area contributed by atoms with Crippen molar-refractivity contribution >= 4 is 0 Å². The summed E-state index contributed by atoms with van der Waals surface area (Å²) in [5.74, 6) is 5.46. The first kappa shape index (κ1) is 6.67. The Morgan fingerprint density at radius 3 is 3.09 bits per heavy atom. The van der Waals surface area contributed by atoms with E-state index < -0.39 is 0 Å². The van der Waals surface area contributed by atoms with Crippen LogP contribution in [0.4, 0.5) is 0 Å². The van der Waals surface area contributed by atoms with Crippen LogP contribution in [0.2, 0.25) is 0 Å². The number of hydrogen-bond acceptors (Lipinski definition) is 3. The molecule has 0 fully saturated rings.